The van der Waals surface area contributed by atoms with E-state index in [1.165, 1.54) is 14.8 Å². The molecule has 14 heavy (non-hydrogen) atoms. The largest absolute Gasteiger partial charge is 0.347 e. The second-order valence-electron chi connectivity index (χ2n) is 3.37. The topological polar surface area (TPSA) is 4.93 Å². The summed E-state index contributed by atoms with van der Waals surface area (Å²) < 4.78 is 3.59. The normalized spacial score (nSPS) is 10.4. The number of aryl methyl sites for hydroxylation is 1. The van der Waals surface area contributed by atoms with Gasteiger partial charge in [0.2, 0.25) is 0 Å². The van der Waals surface area contributed by atoms with Crippen molar-refractivity contribution in [1.82, 2.24) is 4.57 Å². The molecule has 0 aliphatic rings. The van der Waals surface area contributed by atoms with Crippen LogP contribution in [0.3, 0.4) is 0 Å². The van der Waals surface area contributed by atoms with Crippen LogP contribution in [0.15, 0.2) is 42.6 Å². The molecule has 0 spiro atoms. The second kappa shape index (κ2) is 4.17. The molecule has 72 valence electrons. The average molecular weight is 297 g/mol. The number of benzene rings is 1. The van der Waals surface area contributed by atoms with Crippen molar-refractivity contribution in [3.8, 4) is 0 Å². The number of rotatable bonds is 2. The van der Waals surface area contributed by atoms with Crippen molar-refractivity contribution in [2.24, 2.45) is 0 Å². The summed E-state index contributed by atoms with van der Waals surface area (Å²) in [5.74, 6) is 0. The van der Waals surface area contributed by atoms with Crippen molar-refractivity contribution in [2.75, 3.05) is 0 Å². The lowest BCUT2D eigenvalue weighted by Crippen LogP contribution is -2.01. The fraction of sp³-hybridized carbons (Fsp3) is 0.167. The summed E-state index contributed by atoms with van der Waals surface area (Å²) in [6, 6.07) is 12.7. The quantitative estimate of drug-likeness (QED) is 0.748. The van der Waals surface area contributed by atoms with Crippen LogP contribution in [0.1, 0.15) is 11.3 Å². The molecule has 0 N–H and O–H groups in total. The molecule has 0 bridgehead atoms. The van der Waals surface area contributed by atoms with Crippen molar-refractivity contribution >= 4 is 22.6 Å². The molecular formula is C12H12IN. The van der Waals surface area contributed by atoms with Gasteiger partial charge in [0.15, 0.2) is 0 Å². The first kappa shape index (κ1) is 9.77. The van der Waals surface area contributed by atoms with Gasteiger partial charge < -0.3 is 4.57 Å². The van der Waals surface area contributed by atoms with Gasteiger partial charge >= 0.3 is 0 Å². The molecule has 1 heterocycles. The minimum absolute atomic E-state index is 0.970. The molecule has 0 amide bonds. The summed E-state index contributed by atoms with van der Waals surface area (Å²) in [4.78, 5) is 0. The summed E-state index contributed by atoms with van der Waals surface area (Å²) in [7, 11) is 0. The van der Waals surface area contributed by atoms with Crippen LogP contribution in [0.4, 0.5) is 0 Å². The average Bonchev–Trinajstić information content (AvgIpc) is 2.56. The Kier molecular flexibility index (Phi) is 2.91. The number of nitrogens with zero attached hydrogens (tertiary/aromatic N) is 1. The van der Waals surface area contributed by atoms with Crippen LogP contribution in [0.2, 0.25) is 0 Å². The summed E-state index contributed by atoms with van der Waals surface area (Å²) in [5, 5.41) is 0. The van der Waals surface area contributed by atoms with Crippen molar-refractivity contribution in [1.29, 1.82) is 0 Å². The van der Waals surface area contributed by atoms with Crippen molar-refractivity contribution in [2.45, 2.75) is 13.5 Å². The van der Waals surface area contributed by atoms with Crippen LogP contribution >= 0.6 is 22.6 Å². The molecule has 2 rings (SSSR count). The SMILES string of the molecule is Cc1cccn1Cc1ccccc1I. The molecule has 0 saturated heterocycles. The molecule has 2 aromatic rings. The Morgan fingerprint density at radius 2 is 1.93 bits per heavy atom. The van der Waals surface area contributed by atoms with Crippen molar-refractivity contribution in [3.63, 3.8) is 0 Å². The fourth-order valence-electron chi connectivity index (χ4n) is 1.49. The van der Waals surface area contributed by atoms with Crippen LogP contribution in [0, 0.1) is 10.5 Å². The molecule has 0 atom stereocenters. The van der Waals surface area contributed by atoms with Crippen LogP contribution in [0.5, 0.6) is 0 Å². The van der Waals surface area contributed by atoms with Crippen LogP contribution in [-0.2, 0) is 6.54 Å². The molecule has 1 nitrogen and oxygen atoms in total. The van der Waals surface area contributed by atoms with Gasteiger partial charge in [-0.05, 0) is 53.3 Å². The first-order chi connectivity index (χ1) is 6.77. The highest BCUT2D eigenvalue weighted by Gasteiger charge is 2.00. The molecule has 0 radical (unpaired) electrons. The highest BCUT2D eigenvalue weighted by Crippen LogP contribution is 2.14. The van der Waals surface area contributed by atoms with Gasteiger partial charge in [0, 0.05) is 22.0 Å². The number of hydrogen-bond acceptors (Lipinski definition) is 0. The predicted octanol–water partition coefficient (Wildman–Crippen LogP) is 3.45. The maximum Gasteiger partial charge on any atom is 0.0483 e. The van der Waals surface area contributed by atoms with Crippen molar-refractivity contribution < 1.29 is 0 Å². The highest BCUT2D eigenvalue weighted by molar-refractivity contribution is 14.1. The van der Waals surface area contributed by atoms with E-state index in [2.05, 4.69) is 76.7 Å². The summed E-state index contributed by atoms with van der Waals surface area (Å²) in [5.41, 5.74) is 2.69. The maximum atomic E-state index is 2.38. The Morgan fingerprint density at radius 1 is 1.14 bits per heavy atom. The van der Waals surface area contributed by atoms with Crippen molar-refractivity contribution in [3.05, 3.63) is 57.4 Å². The molecule has 1 aromatic carbocycles. The number of halogens is 1. The summed E-state index contributed by atoms with van der Waals surface area (Å²) >= 11 is 2.38. The van der Waals surface area contributed by atoms with E-state index in [0.717, 1.165) is 6.54 Å². The maximum absolute atomic E-state index is 2.38. The van der Waals surface area contributed by atoms with Gasteiger partial charge in [-0.3, -0.25) is 0 Å². The number of hydrogen-bond donors (Lipinski definition) is 0. The third kappa shape index (κ3) is 2.00. The lowest BCUT2D eigenvalue weighted by atomic mass is 10.2. The Bertz CT molecular complexity index is 431. The van der Waals surface area contributed by atoms with Gasteiger partial charge in [-0.25, -0.2) is 0 Å². The monoisotopic (exact) mass is 297 g/mol. The zero-order chi connectivity index (χ0) is 9.97. The third-order valence-corrected chi connectivity index (χ3v) is 3.41. The summed E-state index contributed by atoms with van der Waals surface area (Å²) in [6.45, 7) is 3.10. The molecule has 0 aliphatic carbocycles. The Balaban J connectivity index is 2.28. The minimum atomic E-state index is 0.970. The summed E-state index contributed by atoms with van der Waals surface area (Å²) in [6.07, 6.45) is 2.12. The smallest absolute Gasteiger partial charge is 0.0483 e. The zero-order valence-electron chi connectivity index (χ0n) is 8.07. The Hall–Kier alpha value is -0.770. The lowest BCUT2D eigenvalue weighted by Gasteiger charge is -2.07. The van der Waals surface area contributed by atoms with E-state index in [9.17, 15) is 0 Å². The van der Waals surface area contributed by atoms with E-state index in [4.69, 9.17) is 0 Å². The van der Waals surface area contributed by atoms with Crippen LogP contribution < -0.4 is 0 Å². The van der Waals surface area contributed by atoms with Crippen LogP contribution in [-0.4, -0.2) is 4.57 Å². The highest BCUT2D eigenvalue weighted by atomic mass is 127. The second-order valence-corrected chi connectivity index (χ2v) is 4.53. The van der Waals surface area contributed by atoms with E-state index in [1.54, 1.807) is 0 Å². The minimum Gasteiger partial charge on any atom is -0.347 e. The Morgan fingerprint density at radius 3 is 2.57 bits per heavy atom. The molecule has 2 heteroatoms. The van der Waals surface area contributed by atoms with Gasteiger partial charge in [-0.1, -0.05) is 18.2 Å². The first-order valence-electron chi connectivity index (χ1n) is 4.62. The van der Waals surface area contributed by atoms with Gasteiger partial charge in [0.25, 0.3) is 0 Å². The molecule has 0 aliphatic heterocycles. The van der Waals surface area contributed by atoms with Crippen LogP contribution in [0.25, 0.3) is 0 Å². The molecule has 0 unspecified atom stereocenters. The van der Waals surface area contributed by atoms with Gasteiger partial charge in [0.05, 0.1) is 0 Å². The van der Waals surface area contributed by atoms with E-state index in [-0.39, 0.29) is 0 Å². The zero-order valence-corrected chi connectivity index (χ0v) is 10.2. The molecular weight excluding hydrogens is 285 g/mol. The fourth-order valence-corrected chi connectivity index (χ4v) is 2.05. The van der Waals surface area contributed by atoms with E-state index < -0.39 is 0 Å². The molecule has 0 fully saturated rings. The predicted molar refractivity (Wildman–Crippen MR) is 67.4 cm³/mol. The standard InChI is InChI=1S/C12H12IN/c1-10-5-4-8-14(10)9-11-6-2-3-7-12(11)13/h2-8H,9H2,1H3. The van der Waals surface area contributed by atoms with E-state index >= 15 is 0 Å². The van der Waals surface area contributed by atoms with E-state index in [1.807, 2.05) is 0 Å². The first-order valence-corrected chi connectivity index (χ1v) is 5.70. The van der Waals surface area contributed by atoms with Gasteiger partial charge in [-0.2, -0.15) is 0 Å². The Labute approximate surface area is 97.9 Å². The number of aromatic nitrogens is 1. The molecule has 0 saturated carbocycles. The molecule has 1 aromatic heterocycles. The lowest BCUT2D eigenvalue weighted by molar-refractivity contribution is 0.773. The van der Waals surface area contributed by atoms with Gasteiger partial charge in [0.1, 0.15) is 0 Å². The van der Waals surface area contributed by atoms with Gasteiger partial charge in [-0.15, -0.1) is 0 Å². The van der Waals surface area contributed by atoms with E-state index in [0.29, 0.717) is 0 Å². The third-order valence-electron chi connectivity index (χ3n) is 2.36.